The highest BCUT2D eigenvalue weighted by Gasteiger charge is 2.27. The number of benzene rings is 2. The highest BCUT2D eigenvalue weighted by molar-refractivity contribution is 6.32. The van der Waals surface area contributed by atoms with Gasteiger partial charge in [0.15, 0.2) is 23.0 Å². The second-order valence-electron chi connectivity index (χ2n) is 5.63. The molecule has 1 heterocycles. The van der Waals surface area contributed by atoms with E-state index < -0.39 is 12.0 Å². The Hall–Kier alpha value is -3.37. The number of rotatable bonds is 6. The molecule has 1 aliphatic rings. The minimum atomic E-state index is -0.801. The second kappa shape index (κ2) is 9.02. The van der Waals surface area contributed by atoms with E-state index in [2.05, 4.69) is 16.4 Å². The summed E-state index contributed by atoms with van der Waals surface area (Å²) in [5.74, 6) is 3.78. The third-order valence-corrected chi connectivity index (χ3v) is 4.02. The van der Waals surface area contributed by atoms with Crippen molar-refractivity contribution in [3.05, 3.63) is 47.0 Å². The molecule has 0 fully saturated rings. The first-order chi connectivity index (χ1) is 13.6. The first-order valence-corrected chi connectivity index (χ1v) is 8.65. The molecule has 7 nitrogen and oxygen atoms in total. The van der Waals surface area contributed by atoms with Crippen LogP contribution in [0.1, 0.15) is 5.56 Å². The van der Waals surface area contributed by atoms with Gasteiger partial charge in [0, 0.05) is 0 Å². The second-order valence-corrected chi connectivity index (χ2v) is 6.03. The fourth-order valence-corrected chi connectivity index (χ4v) is 2.73. The van der Waals surface area contributed by atoms with Gasteiger partial charge in [0.05, 0.1) is 18.3 Å². The minimum absolute atomic E-state index is 0.0617. The molecule has 2 aromatic carbocycles. The van der Waals surface area contributed by atoms with Crippen LogP contribution in [-0.4, -0.2) is 38.5 Å². The fourth-order valence-electron chi connectivity index (χ4n) is 2.46. The van der Waals surface area contributed by atoms with E-state index in [0.717, 1.165) is 0 Å². The molecule has 0 unspecified atom stereocenters. The largest absolute Gasteiger partial charge is 0.493 e. The van der Waals surface area contributed by atoms with Crippen LogP contribution in [0, 0.1) is 12.3 Å². The van der Waals surface area contributed by atoms with E-state index in [1.165, 1.54) is 13.3 Å². The van der Waals surface area contributed by atoms with Gasteiger partial charge < -0.3 is 18.9 Å². The predicted octanol–water partition coefficient (Wildman–Crippen LogP) is 2.65. The number of ether oxygens (including phenoxy) is 4. The third-order valence-electron chi connectivity index (χ3n) is 3.74. The SMILES string of the molecule is C#CCOc1c(Cl)cc(/C=N\NC(=O)[C@H]2COc3ccccc3O2)cc1OC. The van der Waals surface area contributed by atoms with Crippen molar-refractivity contribution in [1.82, 2.24) is 5.43 Å². The van der Waals surface area contributed by atoms with Crippen molar-refractivity contribution in [3.8, 4) is 35.3 Å². The van der Waals surface area contributed by atoms with Gasteiger partial charge in [-0.05, 0) is 29.8 Å². The number of para-hydroxylation sites is 2. The van der Waals surface area contributed by atoms with E-state index in [4.69, 9.17) is 37.0 Å². The lowest BCUT2D eigenvalue weighted by Crippen LogP contribution is -2.42. The molecule has 0 bridgehead atoms. The minimum Gasteiger partial charge on any atom is -0.493 e. The summed E-state index contributed by atoms with van der Waals surface area (Å²) < 4.78 is 21.8. The number of terminal acetylenes is 1. The number of methoxy groups -OCH3 is 1. The van der Waals surface area contributed by atoms with Crippen molar-refractivity contribution >= 4 is 23.7 Å². The smallest absolute Gasteiger partial charge is 0.284 e. The van der Waals surface area contributed by atoms with Gasteiger partial charge in [-0.25, -0.2) is 5.43 Å². The molecule has 2 aromatic rings. The Bertz CT molecular complexity index is 939. The van der Waals surface area contributed by atoms with Gasteiger partial charge in [0.2, 0.25) is 6.10 Å². The number of fused-ring (bicyclic) bond motifs is 1. The lowest BCUT2D eigenvalue weighted by molar-refractivity contribution is -0.130. The van der Waals surface area contributed by atoms with E-state index >= 15 is 0 Å². The molecule has 1 atom stereocenters. The number of halogens is 1. The molecule has 0 spiro atoms. The van der Waals surface area contributed by atoms with Crippen molar-refractivity contribution in [2.45, 2.75) is 6.10 Å². The zero-order valence-corrected chi connectivity index (χ0v) is 15.7. The van der Waals surface area contributed by atoms with E-state index in [9.17, 15) is 4.79 Å². The summed E-state index contributed by atoms with van der Waals surface area (Å²) in [5.41, 5.74) is 3.02. The Morgan fingerprint density at radius 1 is 1.43 bits per heavy atom. The van der Waals surface area contributed by atoms with Gasteiger partial charge in [-0.2, -0.15) is 5.10 Å². The molecule has 0 saturated carbocycles. The number of nitrogens with zero attached hydrogens (tertiary/aromatic N) is 1. The summed E-state index contributed by atoms with van der Waals surface area (Å²) in [6.07, 6.45) is 5.81. The zero-order chi connectivity index (χ0) is 19.9. The molecule has 1 aliphatic heterocycles. The van der Waals surface area contributed by atoms with Gasteiger partial charge >= 0.3 is 0 Å². The van der Waals surface area contributed by atoms with Crippen LogP contribution < -0.4 is 24.4 Å². The van der Waals surface area contributed by atoms with Crippen molar-refractivity contribution < 1.29 is 23.7 Å². The van der Waals surface area contributed by atoms with Gasteiger partial charge in [-0.3, -0.25) is 4.79 Å². The Kier molecular flexibility index (Phi) is 6.25. The average Bonchev–Trinajstić information content (AvgIpc) is 2.72. The molecule has 28 heavy (non-hydrogen) atoms. The number of nitrogens with one attached hydrogen (secondary N) is 1. The van der Waals surface area contributed by atoms with Crippen LogP contribution in [0.4, 0.5) is 0 Å². The maximum absolute atomic E-state index is 12.2. The summed E-state index contributed by atoms with van der Waals surface area (Å²) in [4.78, 5) is 12.2. The van der Waals surface area contributed by atoms with Gasteiger partial charge in [0.1, 0.15) is 13.2 Å². The maximum atomic E-state index is 12.2. The molecule has 1 N–H and O–H groups in total. The first-order valence-electron chi connectivity index (χ1n) is 8.27. The van der Waals surface area contributed by atoms with Crippen LogP contribution in [0.25, 0.3) is 0 Å². The predicted molar refractivity (Wildman–Crippen MR) is 104 cm³/mol. The normalized spacial score (nSPS) is 15.0. The number of hydrogen-bond donors (Lipinski definition) is 1. The highest BCUT2D eigenvalue weighted by atomic mass is 35.5. The first kappa shape index (κ1) is 19.4. The van der Waals surface area contributed by atoms with Gasteiger partial charge in [-0.1, -0.05) is 29.7 Å². The summed E-state index contributed by atoms with van der Waals surface area (Å²) in [6.45, 7) is 0.158. The number of amides is 1. The summed E-state index contributed by atoms with van der Waals surface area (Å²) in [6, 6.07) is 10.4. The van der Waals surface area contributed by atoms with E-state index in [-0.39, 0.29) is 13.2 Å². The molecule has 1 amide bonds. The topological polar surface area (TPSA) is 78.4 Å². The Morgan fingerprint density at radius 3 is 2.96 bits per heavy atom. The lowest BCUT2D eigenvalue weighted by atomic mass is 10.2. The average molecular weight is 401 g/mol. The Morgan fingerprint density at radius 2 is 2.21 bits per heavy atom. The van der Waals surface area contributed by atoms with Gasteiger partial charge in [0.25, 0.3) is 5.91 Å². The number of hydrazone groups is 1. The van der Waals surface area contributed by atoms with E-state index in [1.807, 2.05) is 6.07 Å². The molecular formula is C20H17ClN2O5. The van der Waals surface area contributed by atoms with Crippen molar-refractivity contribution in [3.63, 3.8) is 0 Å². The molecule has 3 rings (SSSR count). The molecule has 0 aliphatic carbocycles. The summed E-state index contributed by atoms with van der Waals surface area (Å²) in [7, 11) is 1.48. The number of carbonyl (C=O) groups is 1. The standard InChI is InChI=1S/C20H17ClN2O5/c1-3-8-26-19-14(21)9-13(10-17(19)25-2)11-22-23-20(24)18-12-27-15-6-4-5-7-16(15)28-18/h1,4-7,9-11,18H,8,12H2,2H3,(H,23,24)/b22-11-/t18-/m1/s1. The van der Waals surface area contributed by atoms with Gasteiger partial charge in [-0.15, -0.1) is 6.42 Å². The number of carbonyl (C=O) groups excluding carboxylic acids is 1. The van der Waals surface area contributed by atoms with Crippen LogP contribution in [0.5, 0.6) is 23.0 Å². The van der Waals surface area contributed by atoms with Crippen molar-refractivity contribution in [1.29, 1.82) is 0 Å². The molecule has 0 aromatic heterocycles. The maximum Gasteiger partial charge on any atom is 0.284 e. The summed E-state index contributed by atoms with van der Waals surface area (Å²) in [5, 5.41) is 4.24. The van der Waals surface area contributed by atoms with Crippen LogP contribution in [0.2, 0.25) is 5.02 Å². The fraction of sp³-hybridized carbons (Fsp3) is 0.200. The van der Waals surface area contributed by atoms with E-state index in [1.54, 1.807) is 30.3 Å². The Balaban J connectivity index is 1.64. The molecule has 8 heteroatoms. The highest BCUT2D eigenvalue weighted by Crippen LogP contribution is 2.36. The van der Waals surface area contributed by atoms with Crippen LogP contribution >= 0.6 is 11.6 Å². The van der Waals surface area contributed by atoms with E-state index in [0.29, 0.717) is 33.6 Å². The number of hydrogen-bond acceptors (Lipinski definition) is 6. The molecule has 0 saturated heterocycles. The quantitative estimate of drug-likeness (QED) is 0.458. The van der Waals surface area contributed by atoms with Crippen LogP contribution in [-0.2, 0) is 4.79 Å². The molecule has 144 valence electrons. The lowest BCUT2D eigenvalue weighted by Gasteiger charge is -2.24. The Labute approximate surface area is 167 Å². The third kappa shape index (κ3) is 4.48. The zero-order valence-electron chi connectivity index (χ0n) is 15.0. The van der Waals surface area contributed by atoms with Crippen LogP contribution in [0.15, 0.2) is 41.5 Å². The van der Waals surface area contributed by atoms with Crippen molar-refractivity contribution in [2.75, 3.05) is 20.3 Å². The molecule has 0 radical (unpaired) electrons. The van der Waals surface area contributed by atoms with Crippen molar-refractivity contribution in [2.24, 2.45) is 5.10 Å². The summed E-state index contributed by atoms with van der Waals surface area (Å²) >= 11 is 6.20. The monoisotopic (exact) mass is 400 g/mol. The van der Waals surface area contributed by atoms with Crippen LogP contribution in [0.3, 0.4) is 0 Å². The molecular weight excluding hydrogens is 384 g/mol.